The Bertz CT molecular complexity index is 395. The molecule has 0 saturated heterocycles. The van der Waals surface area contributed by atoms with Crippen molar-refractivity contribution in [2.75, 3.05) is 6.54 Å². The maximum Gasteiger partial charge on any atom is 0.389 e. The summed E-state index contributed by atoms with van der Waals surface area (Å²) in [6.45, 7) is -0.0142. The fraction of sp³-hybridized carbons (Fsp3) is 0.400. The molecule has 0 aliphatic rings. The van der Waals surface area contributed by atoms with E-state index >= 15 is 0 Å². The van der Waals surface area contributed by atoms with E-state index in [1.165, 1.54) is 12.3 Å². The van der Waals surface area contributed by atoms with E-state index in [2.05, 4.69) is 26.2 Å². The van der Waals surface area contributed by atoms with Crippen LogP contribution in [0.2, 0.25) is 0 Å². The van der Waals surface area contributed by atoms with Crippen LogP contribution in [0, 0.1) is 0 Å². The molecule has 0 aromatic carbocycles. The van der Waals surface area contributed by atoms with Gasteiger partial charge in [0.25, 0.3) is 5.91 Å². The van der Waals surface area contributed by atoms with Gasteiger partial charge in [0, 0.05) is 19.2 Å². The molecule has 0 atom stereocenters. The fourth-order valence-electron chi connectivity index (χ4n) is 1.14. The van der Waals surface area contributed by atoms with Crippen LogP contribution in [0.1, 0.15) is 23.2 Å². The molecule has 0 radical (unpaired) electrons. The second-order valence-corrected chi connectivity index (χ2v) is 4.07. The molecular formula is C10H10BrF3N2O. The summed E-state index contributed by atoms with van der Waals surface area (Å²) >= 11 is 3.09. The van der Waals surface area contributed by atoms with E-state index in [-0.39, 0.29) is 13.0 Å². The monoisotopic (exact) mass is 310 g/mol. The SMILES string of the molecule is O=C(NCCCC(F)(F)F)c1cccnc1Br. The van der Waals surface area contributed by atoms with Crippen molar-refractivity contribution in [3.63, 3.8) is 0 Å². The number of carbonyl (C=O) groups is 1. The van der Waals surface area contributed by atoms with Gasteiger partial charge >= 0.3 is 6.18 Å². The van der Waals surface area contributed by atoms with E-state index in [1.54, 1.807) is 6.07 Å². The molecule has 1 heterocycles. The molecule has 0 unspecified atom stereocenters. The van der Waals surface area contributed by atoms with Gasteiger partial charge in [0.1, 0.15) is 4.60 Å². The lowest BCUT2D eigenvalue weighted by atomic mass is 10.2. The molecule has 0 bridgehead atoms. The number of amides is 1. The van der Waals surface area contributed by atoms with Gasteiger partial charge in [0.15, 0.2) is 0 Å². The Balaban J connectivity index is 2.39. The molecule has 0 fully saturated rings. The van der Waals surface area contributed by atoms with Crippen LogP contribution in [-0.2, 0) is 0 Å². The minimum Gasteiger partial charge on any atom is -0.352 e. The van der Waals surface area contributed by atoms with Crippen LogP contribution in [-0.4, -0.2) is 23.6 Å². The number of alkyl halides is 3. The van der Waals surface area contributed by atoms with Crippen molar-refractivity contribution in [1.29, 1.82) is 0 Å². The van der Waals surface area contributed by atoms with Gasteiger partial charge in [0.05, 0.1) is 5.56 Å². The lowest BCUT2D eigenvalue weighted by molar-refractivity contribution is -0.135. The predicted octanol–water partition coefficient (Wildman–Crippen LogP) is 2.92. The minimum atomic E-state index is -4.18. The lowest BCUT2D eigenvalue weighted by Crippen LogP contribution is -2.26. The van der Waals surface area contributed by atoms with Crippen LogP contribution < -0.4 is 5.32 Å². The third-order valence-corrected chi connectivity index (χ3v) is 2.56. The minimum absolute atomic E-state index is 0.0142. The van der Waals surface area contributed by atoms with E-state index < -0.39 is 18.5 Å². The lowest BCUT2D eigenvalue weighted by Gasteiger charge is -2.08. The summed E-state index contributed by atoms with van der Waals surface area (Å²) in [6.07, 6.45) is -3.71. The summed E-state index contributed by atoms with van der Waals surface area (Å²) in [5.74, 6) is -0.438. The number of carbonyl (C=O) groups excluding carboxylic acids is 1. The topological polar surface area (TPSA) is 42.0 Å². The Kier molecular flexibility index (Phi) is 4.92. The molecule has 1 N–H and O–H groups in total. The van der Waals surface area contributed by atoms with E-state index in [9.17, 15) is 18.0 Å². The fourth-order valence-corrected chi connectivity index (χ4v) is 1.57. The van der Waals surface area contributed by atoms with E-state index in [0.29, 0.717) is 10.2 Å². The second-order valence-electron chi connectivity index (χ2n) is 3.32. The number of nitrogens with zero attached hydrogens (tertiary/aromatic N) is 1. The summed E-state index contributed by atoms with van der Waals surface area (Å²) in [5, 5.41) is 2.40. The Morgan fingerprint density at radius 1 is 1.47 bits per heavy atom. The number of rotatable bonds is 4. The highest BCUT2D eigenvalue weighted by molar-refractivity contribution is 9.10. The maximum atomic E-state index is 11.8. The number of hydrogen-bond donors (Lipinski definition) is 1. The average molecular weight is 311 g/mol. The summed E-state index contributed by atoms with van der Waals surface area (Å²) in [6, 6.07) is 3.12. The largest absolute Gasteiger partial charge is 0.389 e. The zero-order chi connectivity index (χ0) is 12.9. The van der Waals surface area contributed by atoms with Gasteiger partial charge in [-0.1, -0.05) is 0 Å². The highest BCUT2D eigenvalue weighted by atomic mass is 79.9. The van der Waals surface area contributed by atoms with Crippen molar-refractivity contribution < 1.29 is 18.0 Å². The van der Waals surface area contributed by atoms with E-state index in [4.69, 9.17) is 0 Å². The number of hydrogen-bond acceptors (Lipinski definition) is 2. The molecule has 94 valence electrons. The first-order valence-corrected chi connectivity index (χ1v) is 5.65. The van der Waals surface area contributed by atoms with Crippen molar-refractivity contribution in [3.05, 3.63) is 28.5 Å². The van der Waals surface area contributed by atoms with Crippen LogP contribution in [0.3, 0.4) is 0 Å². The molecule has 1 rings (SSSR count). The first kappa shape index (κ1) is 14.0. The van der Waals surface area contributed by atoms with Crippen LogP contribution in [0.15, 0.2) is 22.9 Å². The summed E-state index contributed by atoms with van der Waals surface area (Å²) in [5.41, 5.74) is 0.305. The Hall–Kier alpha value is -1.11. The van der Waals surface area contributed by atoms with Crippen LogP contribution in [0.5, 0.6) is 0 Å². The highest BCUT2D eigenvalue weighted by Crippen LogP contribution is 2.20. The molecule has 1 amide bonds. The van der Waals surface area contributed by atoms with Gasteiger partial charge in [0.2, 0.25) is 0 Å². The Labute approximate surface area is 105 Å². The van der Waals surface area contributed by atoms with E-state index in [1.807, 2.05) is 0 Å². The maximum absolute atomic E-state index is 11.8. The summed E-state index contributed by atoms with van der Waals surface area (Å²) in [4.78, 5) is 15.4. The molecule has 0 spiro atoms. The Morgan fingerprint density at radius 2 is 2.18 bits per heavy atom. The van der Waals surface area contributed by atoms with Gasteiger partial charge in [-0.25, -0.2) is 4.98 Å². The van der Waals surface area contributed by atoms with Crippen LogP contribution in [0.4, 0.5) is 13.2 Å². The molecule has 0 saturated carbocycles. The van der Waals surface area contributed by atoms with Gasteiger partial charge in [-0.3, -0.25) is 4.79 Å². The zero-order valence-corrected chi connectivity index (χ0v) is 10.3. The third-order valence-electron chi connectivity index (χ3n) is 1.93. The molecular weight excluding hydrogens is 301 g/mol. The second kappa shape index (κ2) is 6.00. The van der Waals surface area contributed by atoms with Crippen molar-refractivity contribution in [3.8, 4) is 0 Å². The summed E-state index contributed by atoms with van der Waals surface area (Å²) in [7, 11) is 0. The molecule has 17 heavy (non-hydrogen) atoms. The van der Waals surface area contributed by atoms with Crippen molar-refractivity contribution in [2.24, 2.45) is 0 Å². The molecule has 1 aromatic heterocycles. The molecule has 0 aliphatic carbocycles. The van der Waals surface area contributed by atoms with Crippen molar-refractivity contribution in [1.82, 2.24) is 10.3 Å². The summed E-state index contributed by atoms with van der Waals surface area (Å²) < 4.78 is 35.9. The van der Waals surface area contributed by atoms with Crippen molar-refractivity contribution in [2.45, 2.75) is 19.0 Å². The van der Waals surface area contributed by atoms with Crippen LogP contribution in [0.25, 0.3) is 0 Å². The predicted molar refractivity (Wildman–Crippen MR) is 59.6 cm³/mol. The van der Waals surface area contributed by atoms with Gasteiger partial charge in [-0.15, -0.1) is 0 Å². The average Bonchev–Trinajstić information content (AvgIpc) is 2.23. The number of nitrogens with one attached hydrogen (secondary N) is 1. The van der Waals surface area contributed by atoms with Gasteiger partial charge in [-0.05, 0) is 34.5 Å². The standard InChI is InChI=1S/C10H10BrF3N2O/c11-8-7(3-1-5-15-8)9(17)16-6-2-4-10(12,13)14/h1,3,5H,2,4,6H2,(H,16,17). The number of aromatic nitrogens is 1. The van der Waals surface area contributed by atoms with Crippen molar-refractivity contribution >= 4 is 21.8 Å². The smallest absolute Gasteiger partial charge is 0.352 e. The zero-order valence-electron chi connectivity index (χ0n) is 8.72. The van der Waals surface area contributed by atoms with Gasteiger partial charge < -0.3 is 5.32 Å². The highest BCUT2D eigenvalue weighted by Gasteiger charge is 2.26. The van der Waals surface area contributed by atoms with Gasteiger partial charge in [-0.2, -0.15) is 13.2 Å². The number of pyridine rings is 1. The quantitative estimate of drug-likeness (QED) is 0.686. The van der Waals surface area contributed by atoms with Crippen LogP contribution >= 0.6 is 15.9 Å². The molecule has 3 nitrogen and oxygen atoms in total. The molecule has 7 heteroatoms. The Morgan fingerprint density at radius 3 is 2.76 bits per heavy atom. The normalized spacial score (nSPS) is 11.3. The first-order valence-electron chi connectivity index (χ1n) is 4.85. The van der Waals surface area contributed by atoms with E-state index in [0.717, 1.165) is 0 Å². The number of halogens is 4. The first-order chi connectivity index (χ1) is 7.90. The third kappa shape index (κ3) is 5.16. The molecule has 1 aromatic rings. The molecule has 0 aliphatic heterocycles.